The van der Waals surface area contributed by atoms with E-state index >= 15 is 0 Å². The molecule has 1 amide bonds. The van der Waals surface area contributed by atoms with Crippen LogP contribution in [-0.4, -0.2) is 29.6 Å². The van der Waals surface area contributed by atoms with Crippen LogP contribution in [-0.2, 0) is 16.1 Å². The van der Waals surface area contributed by atoms with Crippen LogP contribution in [0.5, 0.6) is 0 Å². The van der Waals surface area contributed by atoms with Gasteiger partial charge < -0.3 is 15.4 Å². The molecule has 2 bridgehead atoms. The molecule has 1 aromatic heterocycles. The molecule has 2 aliphatic heterocycles. The van der Waals surface area contributed by atoms with Crippen LogP contribution in [0.2, 0.25) is 0 Å². The zero-order chi connectivity index (χ0) is 16.6. The Hall–Kier alpha value is -1.24. The van der Waals surface area contributed by atoms with Crippen LogP contribution in [0.15, 0.2) is 28.9 Å². The lowest BCUT2D eigenvalue weighted by Gasteiger charge is -2.17. The molecule has 2 fully saturated rings. The molecule has 2 N–H and O–H groups in total. The molecule has 3 atom stereocenters. The molecule has 128 valence electrons. The Morgan fingerprint density at radius 2 is 2.21 bits per heavy atom. The smallest absolute Gasteiger partial charge is 0.242 e. The number of anilines is 1. The fraction of sp³-hybridized carbons (Fsp3) is 0.556. The SMILES string of the molecule is O=C1Nc2nc(Br)ccc2COCC=CCCC[C@@]23C[C@@H]1N[C@@H]2C3. The minimum absolute atomic E-state index is 0.0152. The van der Waals surface area contributed by atoms with E-state index in [2.05, 4.69) is 43.7 Å². The number of rotatable bonds is 0. The maximum absolute atomic E-state index is 12.7. The first kappa shape index (κ1) is 16.2. The van der Waals surface area contributed by atoms with E-state index < -0.39 is 0 Å². The second kappa shape index (κ2) is 6.58. The first-order chi connectivity index (χ1) is 11.7. The molecular weight excluding hydrogens is 370 g/mol. The van der Waals surface area contributed by atoms with Crippen molar-refractivity contribution in [1.82, 2.24) is 10.3 Å². The van der Waals surface area contributed by atoms with Crippen LogP contribution in [0.25, 0.3) is 0 Å². The van der Waals surface area contributed by atoms with Crippen molar-refractivity contribution < 1.29 is 9.53 Å². The number of allylic oxidation sites excluding steroid dienone is 1. The third-order valence-corrected chi connectivity index (χ3v) is 5.83. The molecule has 1 aromatic rings. The van der Waals surface area contributed by atoms with Crippen LogP contribution >= 0.6 is 15.9 Å². The highest BCUT2D eigenvalue weighted by Crippen LogP contribution is 2.57. The number of carbonyl (C=O) groups excluding carboxylic acids is 1. The van der Waals surface area contributed by atoms with Crippen molar-refractivity contribution in [3.8, 4) is 0 Å². The maximum Gasteiger partial charge on any atom is 0.242 e. The molecular formula is C18H22BrN3O2. The highest BCUT2D eigenvalue weighted by atomic mass is 79.9. The maximum atomic E-state index is 12.7. The molecule has 0 aromatic carbocycles. The number of fused-ring (bicyclic) bond motifs is 2. The zero-order valence-electron chi connectivity index (χ0n) is 13.6. The lowest BCUT2D eigenvalue weighted by Crippen LogP contribution is -2.38. The van der Waals surface area contributed by atoms with Crippen LogP contribution in [0.3, 0.4) is 0 Å². The van der Waals surface area contributed by atoms with Crippen LogP contribution in [0, 0.1) is 5.41 Å². The number of hydrogen-bond donors (Lipinski definition) is 2. The van der Waals surface area contributed by atoms with Crippen molar-refractivity contribution in [2.24, 2.45) is 5.41 Å². The van der Waals surface area contributed by atoms with Crippen molar-refractivity contribution in [3.05, 3.63) is 34.5 Å². The minimum atomic E-state index is -0.112. The summed E-state index contributed by atoms with van der Waals surface area (Å²) < 4.78 is 6.40. The first-order valence-electron chi connectivity index (χ1n) is 8.61. The van der Waals surface area contributed by atoms with Crippen LogP contribution in [0.1, 0.15) is 37.7 Å². The number of halogens is 1. The Labute approximate surface area is 150 Å². The number of pyridine rings is 1. The summed E-state index contributed by atoms with van der Waals surface area (Å²) in [5, 5.41) is 6.49. The number of nitrogens with one attached hydrogen (secondary N) is 2. The van der Waals surface area contributed by atoms with Crippen LogP contribution in [0.4, 0.5) is 5.82 Å². The Bertz CT molecular complexity index is 678. The summed E-state index contributed by atoms with van der Waals surface area (Å²) in [6.45, 7) is 1.02. The fourth-order valence-corrected chi connectivity index (χ4v) is 4.26. The van der Waals surface area contributed by atoms with Gasteiger partial charge in [0.15, 0.2) is 0 Å². The minimum Gasteiger partial charge on any atom is -0.373 e. The van der Waals surface area contributed by atoms with Gasteiger partial charge in [-0.25, -0.2) is 4.98 Å². The van der Waals surface area contributed by atoms with E-state index in [0.717, 1.165) is 18.4 Å². The molecule has 0 unspecified atom stereocenters. The summed E-state index contributed by atoms with van der Waals surface area (Å²) >= 11 is 3.38. The van der Waals surface area contributed by atoms with Gasteiger partial charge in [0.1, 0.15) is 10.4 Å². The molecule has 4 rings (SSSR count). The third-order valence-electron chi connectivity index (χ3n) is 5.39. The monoisotopic (exact) mass is 391 g/mol. The Morgan fingerprint density at radius 3 is 3.12 bits per heavy atom. The Balaban J connectivity index is 1.55. The van der Waals surface area contributed by atoms with Crippen molar-refractivity contribution in [2.75, 3.05) is 11.9 Å². The number of amides is 1. The van der Waals surface area contributed by atoms with Gasteiger partial charge in [-0.1, -0.05) is 18.2 Å². The number of ether oxygens (including phenoxy) is 1. The number of carbonyl (C=O) groups is 1. The van der Waals surface area contributed by atoms with Gasteiger partial charge in [-0.2, -0.15) is 0 Å². The average Bonchev–Trinajstić information content (AvgIpc) is 3.11. The van der Waals surface area contributed by atoms with Gasteiger partial charge in [0.05, 0.1) is 19.3 Å². The largest absolute Gasteiger partial charge is 0.373 e. The van der Waals surface area contributed by atoms with E-state index in [9.17, 15) is 4.79 Å². The molecule has 1 aliphatic carbocycles. The lowest BCUT2D eigenvalue weighted by molar-refractivity contribution is -0.118. The highest BCUT2D eigenvalue weighted by Gasteiger charge is 2.60. The van der Waals surface area contributed by atoms with E-state index in [0.29, 0.717) is 35.1 Å². The van der Waals surface area contributed by atoms with Gasteiger partial charge >= 0.3 is 0 Å². The number of piperidine rings is 1. The fourth-order valence-electron chi connectivity index (χ4n) is 3.95. The summed E-state index contributed by atoms with van der Waals surface area (Å²) in [5.74, 6) is 0.603. The Kier molecular flexibility index (Phi) is 4.45. The molecule has 5 nitrogen and oxygen atoms in total. The van der Waals surface area contributed by atoms with Gasteiger partial charge in [-0.3, -0.25) is 4.79 Å². The summed E-state index contributed by atoms with van der Waals surface area (Å²) in [6.07, 6.45) is 9.90. The predicted octanol–water partition coefficient (Wildman–Crippen LogP) is 3.16. The number of nitrogens with zero attached hydrogens (tertiary/aromatic N) is 1. The van der Waals surface area contributed by atoms with Crippen molar-refractivity contribution in [3.63, 3.8) is 0 Å². The van der Waals surface area contributed by atoms with Crippen LogP contribution < -0.4 is 10.6 Å². The Morgan fingerprint density at radius 1 is 1.29 bits per heavy atom. The predicted molar refractivity (Wildman–Crippen MR) is 95.6 cm³/mol. The van der Waals surface area contributed by atoms with Gasteiger partial charge in [0, 0.05) is 11.6 Å². The van der Waals surface area contributed by atoms with E-state index in [1.807, 2.05) is 12.1 Å². The average molecular weight is 392 g/mol. The van der Waals surface area contributed by atoms with Crippen molar-refractivity contribution in [2.45, 2.75) is 50.8 Å². The topological polar surface area (TPSA) is 63.2 Å². The molecule has 24 heavy (non-hydrogen) atoms. The van der Waals surface area contributed by atoms with Crippen molar-refractivity contribution >= 4 is 27.7 Å². The van der Waals surface area contributed by atoms with Gasteiger partial charge in [-0.05, 0) is 59.5 Å². The molecule has 0 radical (unpaired) electrons. The number of hydrogen-bond acceptors (Lipinski definition) is 4. The molecule has 1 saturated heterocycles. The van der Waals surface area contributed by atoms with Gasteiger partial charge in [-0.15, -0.1) is 0 Å². The normalized spacial score (nSPS) is 33.0. The second-order valence-electron chi connectivity index (χ2n) is 7.05. The lowest BCUT2D eigenvalue weighted by atomic mass is 9.93. The zero-order valence-corrected chi connectivity index (χ0v) is 15.1. The quantitative estimate of drug-likeness (QED) is 0.526. The third kappa shape index (κ3) is 3.27. The second-order valence-corrected chi connectivity index (χ2v) is 7.86. The van der Waals surface area contributed by atoms with Gasteiger partial charge in [0.2, 0.25) is 5.91 Å². The molecule has 1 spiro atoms. The first-order valence-corrected chi connectivity index (χ1v) is 9.41. The van der Waals surface area contributed by atoms with E-state index in [1.54, 1.807) is 0 Å². The molecule has 3 heterocycles. The summed E-state index contributed by atoms with van der Waals surface area (Å²) in [5.41, 5.74) is 1.24. The van der Waals surface area contributed by atoms with E-state index in [1.165, 1.54) is 19.3 Å². The molecule has 6 heteroatoms. The molecule has 3 aliphatic rings. The van der Waals surface area contributed by atoms with E-state index in [4.69, 9.17) is 4.74 Å². The number of aromatic nitrogens is 1. The van der Waals surface area contributed by atoms with Crippen molar-refractivity contribution in [1.29, 1.82) is 0 Å². The summed E-state index contributed by atoms with van der Waals surface area (Å²) in [6, 6.07) is 4.22. The highest BCUT2D eigenvalue weighted by molar-refractivity contribution is 9.10. The summed E-state index contributed by atoms with van der Waals surface area (Å²) in [7, 11) is 0. The standard InChI is InChI=1S/C18H22BrN3O2/c19-15-6-5-12-11-24-8-4-2-1-3-7-18-9-13(20-14(18)10-18)17(23)22-16(12)21-15/h2,4-6,13-14,20H,1,3,7-11H2,(H,21,22,23)/t13-,14+,18-/m0/s1. The molecule has 1 saturated carbocycles. The van der Waals surface area contributed by atoms with E-state index in [-0.39, 0.29) is 11.9 Å². The van der Waals surface area contributed by atoms with Gasteiger partial charge in [0.25, 0.3) is 0 Å². The summed E-state index contributed by atoms with van der Waals surface area (Å²) in [4.78, 5) is 17.1.